The Morgan fingerprint density at radius 3 is 2.60 bits per heavy atom. The molecular formula is C34H43N5O5S. The zero-order chi connectivity index (χ0) is 31.8. The molecule has 2 aliphatic carbocycles. The van der Waals surface area contributed by atoms with Gasteiger partial charge in [-0.15, -0.1) is 0 Å². The van der Waals surface area contributed by atoms with Crippen molar-refractivity contribution in [3.05, 3.63) is 81.9 Å². The fourth-order valence-electron chi connectivity index (χ4n) is 7.39. The predicted octanol–water partition coefficient (Wildman–Crippen LogP) is 2.41. The van der Waals surface area contributed by atoms with Gasteiger partial charge in [0.05, 0.1) is 30.3 Å². The molecule has 3 aromatic rings. The normalized spacial score (nSPS) is 20.4. The Hall–Kier alpha value is -3.32. The van der Waals surface area contributed by atoms with Crippen LogP contribution in [-0.4, -0.2) is 76.6 Å². The van der Waals surface area contributed by atoms with E-state index in [0.29, 0.717) is 36.6 Å². The minimum Gasteiger partial charge on any atom is -0.494 e. The zero-order valence-electron chi connectivity index (χ0n) is 26.2. The van der Waals surface area contributed by atoms with Crippen LogP contribution in [0.15, 0.2) is 64.5 Å². The molecule has 3 aromatic carbocycles. The summed E-state index contributed by atoms with van der Waals surface area (Å²) in [6, 6.07) is 17.0. The summed E-state index contributed by atoms with van der Waals surface area (Å²) in [5, 5.41) is 20.8. The number of rotatable bonds is 11. The van der Waals surface area contributed by atoms with Crippen molar-refractivity contribution in [1.29, 1.82) is 0 Å². The topological polar surface area (TPSA) is 130 Å². The summed E-state index contributed by atoms with van der Waals surface area (Å²) in [7, 11) is 1.60. The first-order valence-corrected chi connectivity index (χ1v) is 17.1. The molecule has 10 nitrogen and oxygen atoms in total. The maximum absolute atomic E-state index is 12.3. The number of primary sulfonamides is 1. The first-order valence-electron chi connectivity index (χ1n) is 15.5. The van der Waals surface area contributed by atoms with E-state index >= 15 is 0 Å². The lowest BCUT2D eigenvalue weighted by molar-refractivity contribution is 0.105. The third-order valence-corrected chi connectivity index (χ3v) is 10.5. The van der Waals surface area contributed by atoms with Crippen LogP contribution in [0.5, 0.6) is 5.75 Å². The number of benzene rings is 3. The zero-order valence-corrected chi connectivity index (χ0v) is 27.0. The van der Waals surface area contributed by atoms with Crippen LogP contribution in [0.3, 0.4) is 0 Å². The summed E-state index contributed by atoms with van der Waals surface area (Å²) >= 11 is 0. The highest BCUT2D eigenvalue weighted by molar-refractivity contribution is 7.89. The second-order valence-electron chi connectivity index (χ2n) is 12.6. The average molecular weight is 634 g/mol. The lowest BCUT2D eigenvalue weighted by atomic mass is 9.87. The molecule has 0 aromatic heterocycles. The number of ether oxygens (including phenoxy) is 2. The van der Waals surface area contributed by atoms with E-state index in [2.05, 4.69) is 34.6 Å². The highest BCUT2D eigenvalue weighted by Crippen LogP contribution is 2.47. The smallest absolute Gasteiger partial charge is 0.238 e. The fourth-order valence-corrected chi connectivity index (χ4v) is 8.21. The summed E-state index contributed by atoms with van der Waals surface area (Å²) in [6.45, 7) is 2.97. The SMILES string of the molecule is COCCN(C)CC1(NN2C=c3cc(-c4ccccc4C4Cc5c(cccc5S(N)(=O)=O)C4O)cc(OC)c3=NC2)CCCC1. The first-order chi connectivity index (χ1) is 21.6. The molecule has 11 heteroatoms. The Balaban J connectivity index is 1.34. The Morgan fingerprint density at radius 1 is 1.11 bits per heavy atom. The summed E-state index contributed by atoms with van der Waals surface area (Å²) in [4.78, 5) is 7.32. The van der Waals surface area contributed by atoms with E-state index in [1.165, 1.54) is 18.9 Å². The number of nitrogens with zero attached hydrogens (tertiary/aromatic N) is 3. The van der Waals surface area contributed by atoms with Crippen LogP contribution in [0, 0.1) is 0 Å². The number of aliphatic hydroxyl groups excluding tert-OH is 1. The van der Waals surface area contributed by atoms with Gasteiger partial charge in [-0.2, -0.15) is 0 Å². The Kier molecular flexibility index (Phi) is 9.02. The standard InChI is InChI=1S/C34H43N5O5S/c1-38(15-16-43-2)21-34(13-6-7-14-34)37-39-20-24-17-23(18-30(44-3)32(24)36-22-39)25-9-4-5-10-26(25)29-19-28-27(33(29)40)11-8-12-31(28)45(35,41)42/h4-5,8-12,17-18,20,29,33,37,40H,6-7,13-16,19,21-22H2,1-3H3,(H2,35,41,42). The molecule has 4 N–H and O–H groups in total. The third kappa shape index (κ3) is 6.38. The molecule has 1 saturated carbocycles. The highest BCUT2D eigenvalue weighted by Gasteiger charge is 2.38. The molecule has 1 fully saturated rings. The van der Waals surface area contributed by atoms with E-state index in [9.17, 15) is 13.5 Å². The van der Waals surface area contributed by atoms with Gasteiger partial charge in [-0.25, -0.2) is 19.0 Å². The largest absolute Gasteiger partial charge is 0.494 e. The molecule has 0 radical (unpaired) electrons. The summed E-state index contributed by atoms with van der Waals surface area (Å²) in [5.74, 6) is 0.333. The van der Waals surface area contributed by atoms with Crippen molar-refractivity contribution in [2.24, 2.45) is 10.1 Å². The number of fused-ring (bicyclic) bond motifs is 2. The average Bonchev–Trinajstić information content (AvgIpc) is 3.62. The van der Waals surface area contributed by atoms with Crippen LogP contribution in [0.4, 0.5) is 0 Å². The number of hydrogen-bond acceptors (Lipinski definition) is 9. The highest BCUT2D eigenvalue weighted by atomic mass is 32.2. The van der Waals surface area contributed by atoms with E-state index in [0.717, 1.165) is 53.2 Å². The van der Waals surface area contributed by atoms with Crippen LogP contribution in [0.2, 0.25) is 0 Å². The van der Waals surface area contributed by atoms with Gasteiger partial charge in [0.1, 0.15) is 17.8 Å². The molecule has 240 valence electrons. The van der Waals surface area contributed by atoms with Gasteiger partial charge in [0.25, 0.3) is 0 Å². The molecule has 0 bridgehead atoms. The minimum absolute atomic E-state index is 0.0379. The van der Waals surface area contributed by atoms with E-state index in [1.54, 1.807) is 26.4 Å². The first kappa shape index (κ1) is 31.7. The number of methoxy groups -OCH3 is 2. The van der Waals surface area contributed by atoms with Gasteiger partial charge >= 0.3 is 0 Å². The molecule has 2 unspecified atom stereocenters. The fraction of sp³-hybridized carbons (Fsp3) is 0.441. The van der Waals surface area contributed by atoms with Gasteiger partial charge in [0.15, 0.2) is 0 Å². The molecule has 45 heavy (non-hydrogen) atoms. The van der Waals surface area contributed by atoms with Crippen molar-refractivity contribution in [3.63, 3.8) is 0 Å². The van der Waals surface area contributed by atoms with E-state index in [4.69, 9.17) is 19.6 Å². The van der Waals surface area contributed by atoms with Gasteiger partial charge in [-0.1, -0.05) is 49.2 Å². The van der Waals surface area contributed by atoms with Crippen LogP contribution in [-0.2, 0) is 21.2 Å². The Bertz CT molecular complexity index is 1790. The van der Waals surface area contributed by atoms with Gasteiger partial charge in [0, 0.05) is 37.5 Å². The molecule has 1 aliphatic heterocycles. The van der Waals surface area contributed by atoms with Gasteiger partial charge < -0.3 is 19.5 Å². The quantitative estimate of drug-likeness (QED) is 0.294. The summed E-state index contributed by atoms with van der Waals surface area (Å²) in [5.41, 5.74) is 7.78. The second-order valence-corrected chi connectivity index (χ2v) is 14.1. The predicted molar refractivity (Wildman–Crippen MR) is 173 cm³/mol. The molecule has 0 saturated heterocycles. The third-order valence-electron chi connectivity index (χ3n) is 9.46. The summed E-state index contributed by atoms with van der Waals surface area (Å²) in [6.07, 6.45) is 6.18. The number of likely N-dealkylation sites (N-methyl/N-ethyl adjacent to an activating group) is 1. The van der Waals surface area contributed by atoms with Crippen LogP contribution < -0.4 is 25.9 Å². The maximum atomic E-state index is 12.3. The molecule has 2 atom stereocenters. The molecule has 0 spiro atoms. The Labute approximate surface area is 265 Å². The van der Waals surface area contributed by atoms with Crippen LogP contribution in [0.1, 0.15) is 54.4 Å². The van der Waals surface area contributed by atoms with Crippen LogP contribution >= 0.6 is 0 Å². The number of nitrogens with one attached hydrogen (secondary N) is 1. The van der Waals surface area contributed by atoms with E-state index in [1.807, 2.05) is 30.3 Å². The number of sulfonamides is 1. The Morgan fingerprint density at radius 2 is 1.87 bits per heavy atom. The van der Waals surface area contributed by atoms with Crippen molar-refractivity contribution in [3.8, 4) is 16.9 Å². The van der Waals surface area contributed by atoms with E-state index in [-0.39, 0.29) is 16.4 Å². The molecule has 0 amide bonds. The molecule has 3 aliphatic rings. The minimum atomic E-state index is -3.93. The van der Waals surface area contributed by atoms with Crippen molar-refractivity contribution in [2.45, 2.75) is 54.6 Å². The van der Waals surface area contributed by atoms with Gasteiger partial charge in [-0.3, -0.25) is 10.0 Å². The second kappa shape index (κ2) is 12.8. The molecular weight excluding hydrogens is 590 g/mol. The van der Waals surface area contributed by atoms with Crippen LogP contribution in [0.25, 0.3) is 17.3 Å². The summed E-state index contributed by atoms with van der Waals surface area (Å²) < 4.78 is 35.8. The number of nitrogens with two attached hydrogens (primary N) is 1. The molecule has 6 rings (SSSR count). The van der Waals surface area contributed by atoms with Crippen molar-refractivity contribution < 1.29 is 23.0 Å². The van der Waals surface area contributed by atoms with Gasteiger partial charge in [0.2, 0.25) is 10.0 Å². The lowest BCUT2D eigenvalue weighted by Crippen LogP contribution is -2.58. The maximum Gasteiger partial charge on any atom is 0.238 e. The monoisotopic (exact) mass is 633 g/mol. The molecule has 1 heterocycles. The number of hydrazine groups is 1. The van der Waals surface area contributed by atoms with Crippen molar-refractivity contribution in [2.75, 3.05) is 47.6 Å². The van der Waals surface area contributed by atoms with Crippen molar-refractivity contribution in [1.82, 2.24) is 15.3 Å². The van der Waals surface area contributed by atoms with E-state index < -0.39 is 16.1 Å². The number of hydrogen-bond donors (Lipinski definition) is 3. The lowest BCUT2D eigenvalue weighted by Gasteiger charge is -2.39. The van der Waals surface area contributed by atoms with Crippen molar-refractivity contribution >= 4 is 16.2 Å². The van der Waals surface area contributed by atoms with Gasteiger partial charge in [-0.05, 0) is 72.3 Å². The number of aliphatic hydroxyl groups is 1.